The summed E-state index contributed by atoms with van der Waals surface area (Å²) < 4.78 is 5.82. The van der Waals surface area contributed by atoms with Crippen LogP contribution in [0.1, 0.15) is 19.3 Å². The molecule has 1 fully saturated rings. The molecule has 0 aliphatic heterocycles. The Morgan fingerprint density at radius 3 is 2.74 bits per heavy atom. The number of nitro groups is 1. The maximum atomic E-state index is 10.8. The molecule has 0 heterocycles. The molecule has 102 valence electrons. The highest BCUT2D eigenvalue weighted by Crippen LogP contribution is 2.49. The molecule has 6 nitrogen and oxygen atoms in total. The Bertz CT molecular complexity index is 527. The van der Waals surface area contributed by atoms with Crippen molar-refractivity contribution < 1.29 is 19.6 Å². The highest BCUT2D eigenvalue weighted by atomic mass is 79.9. The molecule has 7 heteroatoms. The molecule has 0 radical (unpaired) electrons. The molecule has 1 saturated carbocycles. The van der Waals surface area contributed by atoms with Crippen LogP contribution in [-0.4, -0.2) is 22.6 Å². The summed E-state index contributed by atoms with van der Waals surface area (Å²) in [5.41, 5.74) is -0.379. The van der Waals surface area contributed by atoms with Crippen LogP contribution in [-0.2, 0) is 4.79 Å². The number of benzene rings is 1. The molecule has 0 amide bonds. The minimum absolute atomic E-state index is 0.0689. The molecule has 0 spiro atoms. The van der Waals surface area contributed by atoms with Crippen molar-refractivity contribution in [3.8, 4) is 5.75 Å². The lowest BCUT2D eigenvalue weighted by Gasteiger charge is -2.14. The van der Waals surface area contributed by atoms with Crippen molar-refractivity contribution in [3.63, 3.8) is 0 Å². The van der Waals surface area contributed by atoms with Gasteiger partial charge in [-0.1, -0.05) is 6.07 Å². The summed E-state index contributed by atoms with van der Waals surface area (Å²) in [6.07, 6.45) is 1.69. The first-order valence-corrected chi connectivity index (χ1v) is 6.50. The summed E-state index contributed by atoms with van der Waals surface area (Å²) in [4.78, 5) is 21.0. The average molecular weight is 330 g/mol. The molecule has 1 aromatic carbocycles. The fourth-order valence-electron chi connectivity index (χ4n) is 1.85. The zero-order valence-corrected chi connectivity index (χ0v) is 11.6. The summed E-state index contributed by atoms with van der Waals surface area (Å²) >= 11 is 3.14. The highest BCUT2D eigenvalue weighted by Gasteiger charge is 2.45. The molecular formula is C12H12BrNO5. The Labute approximate surface area is 117 Å². The van der Waals surface area contributed by atoms with Gasteiger partial charge in [0, 0.05) is 11.5 Å². The third-order valence-electron chi connectivity index (χ3n) is 3.16. The van der Waals surface area contributed by atoms with Crippen LogP contribution >= 0.6 is 15.9 Å². The van der Waals surface area contributed by atoms with Crippen LogP contribution in [0.3, 0.4) is 0 Å². The standard InChI is InChI=1S/C12H12BrNO5/c13-11-8(14(17)18)2-1-3-9(11)19-7-12(4-5-12)6-10(15)16/h1-3H,4-7H2,(H,15,16). The Hall–Kier alpha value is -1.63. The van der Waals surface area contributed by atoms with Crippen molar-refractivity contribution in [3.05, 3.63) is 32.8 Å². The zero-order chi connectivity index (χ0) is 14.0. The molecule has 0 aromatic heterocycles. The number of carboxylic acid groups (broad SMARTS) is 1. The van der Waals surface area contributed by atoms with Crippen molar-refractivity contribution in [1.29, 1.82) is 0 Å². The molecular weight excluding hydrogens is 318 g/mol. The van der Waals surface area contributed by atoms with Gasteiger partial charge in [-0.05, 0) is 34.8 Å². The number of rotatable bonds is 6. The molecule has 19 heavy (non-hydrogen) atoms. The monoisotopic (exact) mass is 329 g/mol. The van der Waals surface area contributed by atoms with Gasteiger partial charge >= 0.3 is 5.97 Å². The summed E-state index contributed by atoms with van der Waals surface area (Å²) in [6.45, 7) is 0.263. The molecule has 0 atom stereocenters. The Morgan fingerprint density at radius 1 is 1.53 bits per heavy atom. The van der Waals surface area contributed by atoms with E-state index in [4.69, 9.17) is 9.84 Å². The molecule has 1 N–H and O–H groups in total. The SMILES string of the molecule is O=C(O)CC1(COc2cccc([N+](=O)[O-])c2Br)CC1. The molecule has 0 saturated heterocycles. The summed E-state index contributed by atoms with van der Waals surface area (Å²) in [5, 5.41) is 19.6. The predicted octanol–water partition coefficient (Wildman–Crippen LogP) is 2.99. The third kappa shape index (κ3) is 3.23. The first-order valence-electron chi connectivity index (χ1n) is 5.71. The van der Waals surface area contributed by atoms with Crippen LogP contribution in [0.25, 0.3) is 0 Å². The number of aliphatic carboxylic acids is 1. The van der Waals surface area contributed by atoms with Gasteiger partial charge in [0.2, 0.25) is 0 Å². The van der Waals surface area contributed by atoms with Crippen molar-refractivity contribution in [2.24, 2.45) is 5.41 Å². The van der Waals surface area contributed by atoms with Gasteiger partial charge in [0.25, 0.3) is 5.69 Å². The van der Waals surface area contributed by atoms with E-state index in [0.29, 0.717) is 5.75 Å². The van der Waals surface area contributed by atoms with Crippen LogP contribution in [0.2, 0.25) is 0 Å². The van der Waals surface area contributed by atoms with Crippen LogP contribution in [0, 0.1) is 15.5 Å². The van der Waals surface area contributed by atoms with Crippen molar-refractivity contribution >= 4 is 27.6 Å². The lowest BCUT2D eigenvalue weighted by Crippen LogP contribution is -2.17. The van der Waals surface area contributed by atoms with Crippen LogP contribution in [0.5, 0.6) is 5.75 Å². The number of ether oxygens (including phenoxy) is 1. The predicted molar refractivity (Wildman–Crippen MR) is 70.2 cm³/mol. The summed E-state index contributed by atoms with van der Waals surface area (Å²) in [7, 11) is 0. The fraction of sp³-hybridized carbons (Fsp3) is 0.417. The minimum Gasteiger partial charge on any atom is -0.492 e. The van der Waals surface area contributed by atoms with Gasteiger partial charge in [0.05, 0.1) is 18.0 Å². The van der Waals surface area contributed by atoms with Crippen LogP contribution < -0.4 is 4.74 Å². The van der Waals surface area contributed by atoms with Gasteiger partial charge in [0.15, 0.2) is 0 Å². The second-order valence-corrected chi connectivity index (χ2v) is 5.50. The van der Waals surface area contributed by atoms with E-state index in [9.17, 15) is 14.9 Å². The van der Waals surface area contributed by atoms with E-state index in [1.807, 2.05) is 0 Å². The van der Waals surface area contributed by atoms with Gasteiger partial charge in [-0.25, -0.2) is 0 Å². The second kappa shape index (κ2) is 5.16. The van der Waals surface area contributed by atoms with E-state index >= 15 is 0 Å². The van der Waals surface area contributed by atoms with Gasteiger partial charge < -0.3 is 9.84 Å². The van der Waals surface area contributed by atoms with Gasteiger partial charge in [-0.2, -0.15) is 0 Å². The Morgan fingerprint density at radius 2 is 2.21 bits per heavy atom. The molecule has 0 bridgehead atoms. The fourth-order valence-corrected chi connectivity index (χ4v) is 2.38. The lowest BCUT2D eigenvalue weighted by atomic mass is 10.0. The van der Waals surface area contributed by atoms with E-state index in [1.54, 1.807) is 6.07 Å². The van der Waals surface area contributed by atoms with Gasteiger partial charge in [0.1, 0.15) is 10.2 Å². The molecule has 2 rings (SSSR count). The number of nitro benzene ring substituents is 1. The minimum atomic E-state index is -0.848. The number of carbonyl (C=O) groups is 1. The summed E-state index contributed by atoms with van der Waals surface area (Å²) in [6, 6.07) is 4.53. The quantitative estimate of drug-likeness (QED) is 0.640. The Kier molecular flexibility index (Phi) is 3.75. The van der Waals surface area contributed by atoms with E-state index in [-0.39, 0.29) is 28.6 Å². The van der Waals surface area contributed by atoms with E-state index < -0.39 is 10.9 Å². The van der Waals surface area contributed by atoms with Gasteiger partial charge in [-0.3, -0.25) is 14.9 Å². The van der Waals surface area contributed by atoms with Gasteiger partial charge in [-0.15, -0.1) is 0 Å². The van der Waals surface area contributed by atoms with E-state index in [1.165, 1.54) is 12.1 Å². The first kappa shape index (κ1) is 13.8. The molecule has 1 aromatic rings. The molecule has 0 unspecified atom stereocenters. The Balaban J connectivity index is 2.06. The number of hydrogen-bond acceptors (Lipinski definition) is 4. The topological polar surface area (TPSA) is 89.7 Å². The summed E-state index contributed by atoms with van der Waals surface area (Å²) in [5.74, 6) is -0.481. The highest BCUT2D eigenvalue weighted by molar-refractivity contribution is 9.10. The number of nitrogens with zero attached hydrogens (tertiary/aromatic N) is 1. The number of carboxylic acids is 1. The van der Waals surface area contributed by atoms with Crippen molar-refractivity contribution in [2.75, 3.05) is 6.61 Å². The van der Waals surface area contributed by atoms with E-state index in [0.717, 1.165) is 12.8 Å². The van der Waals surface area contributed by atoms with Crippen molar-refractivity contribution in [2.45, 2.75) is 19.3 Å². The molecule has 1 aliphatic carbocycles. The second-order valence-electron chi connectivity index (χ2n) is 4.71. The maximum Gasteiger partial charge on any atom is 0.304 e. The first-order chi connectivity index (χ1) is 8.93. The molecule has 1 aliphatic rings. The normalized spacial score (nSPS) is 15.8. The largest absolute Gasteiger partial charge is 0.492 e. The lowest BCUT2D eigenvalue weighted by molar-refractivity contribution is -0.385. The van der Waals surface area contributed by atoms with Crippen LogP contribution in [0.15, 0.2) is 22.7 Å². The van der Waals surface area contributed by atoms with Crippen LogP contribution in [0.4, 0.5) is 5.69 Å². The van der Waals surface area contributed by atoms with Crippen molar-refractivity contribution in [1.82, 2.24) is 0 Å². The van der Waals surface area contributed by atoms with E-state index in [2.05, 4.69) is 15.9 Å². The maximum absolute atomic E-state index is 10.8. The number of halogens is 1. The number of hydrogen-bond donors (Lipinski definition) is 1. The zero-order valence-electron chi connectivity index (χ0n) is 9.97. The smallest absolute Gasteiger partial charge is 0.304 e. The third-order valence-corrected chi connectivity index (χ3v) is 3.95. The average Bonchev–Trinajstić information content (AvgIpc) is 3.06.